The number of rotatable bonds is 3. The van der Waals surface area contributed by atoms with Crippen molar-refractivity contribution in [3.8, 4) is 5.75 Å². The normalized spacial score (nSPS) is 11.0. The lowest BCUT2D eigenvalue weighted by molar-refractivity contribution is 0.302. The minimum absolute atomic E-state index is 0.268. The highest BCUT2D eigenvalue weighted by atomic mass is 79.9. The fourth-order valence-corrected chi connectivity index (χ4v) is 4.77. The van der Waals surface area contributed by atoms with Crippen molar-refractivity contribution in [1.82, 2.24) is 0 Å². The molecule has 3 rings (SSSR count). The van der Waals surface area contributed by atoms with Crippen molar-refractivity contribution < 1.29 is 9.15 Å². The topological polar surface area (TPSA) is 39.4 Å². The van der Waals surface area contributed by atoms with Gasteiger partial charge >= 0.3 is 5.63 Å². The predicted molar refractivity (Wildman–Crippen MR) is 101 cm³/mol. The van der Waals surface area contributed by atoms with Crippen molar-refractivity contribution in [1.29, 1.82) is 0 Å². The molecule has 0 bridgehead atoms. The number of aryl methyl sites for hydroxylation is 1. The molecule has 2 aromatic carbocycles. The van der Waals surface area contributed by atoms with Crippen LogP contribution in [0.1, 0.15) is 11.1 Å². The van der Waals surface area contributed by atoms with Gasteiger partial charge in [0.2, 0.25) is 0 Å². The lowest BCUT2D eigenvalue weighted by Crippen LogP contribution is -2.04. The largest absolute Gasteiger partial charge is 0.487 e. The molecular weight excluding hydrogens is 492 g/mol. The molecule has 3 nitrogen and oxygen atoms in total. The molecule has 0 amide bonds. The van der Waals surface area contributed by atoms with Gasteiger partial charge < -0.3 is 9.15 Å². The van der Waals surface area contributed by atoms with E-state index in [1.165, 1.54) is 6.07 Å². The van der Waals surface area contributed by atoms with Crippen molar-refractivity contribution in [2.24, 2.45) is 0 Å². The van der Waals surface area contributed by atoms with Gasteiger partial charge in [-0.25, -0.2) is 4.79 Å². The summed E-state index contributed by atoms with van der Waals surface area (Å²) in [5.41, 5.74) is 2.07. The van der Waals surface area contributed by atoms with E-state index in [0.717, 1.165) is 29.9 Å². The molecule has 0 N–H and O–H groups in total. The molecule has 1 heterocycles. The SMILES string of the molecule is Cc1ccc2oc(=O)cc(COc3c(Br)cc(Br)cc3Br)c2c1. The summed E-state index contributed by atoms with van der Waals surface area (Å²) in [6, 6.07) is 11.0. The van der Waals surface area contributed by atoms with Gasteiger partial charge in [0.1, 0.15) is 17.9 Å². The second kappa shape index (κ2) is 6.79. The summed E-state index contributed by atoms with van der Waals surface area (Å²) >= 11 is 10.4. The Morgan fingerprint density at radius 2 is 1.74 bits per heavy atom. The van der Waals surface area contributed by atoms with Crippen molar-refractivity contribution in [3.63, 3.8) is 0 Å². The lowest BCUT2D eigenvalue weighted by Gasteiger charge is -2.12. The van der Waals surface area contributed by atoms with Gasteiger partial charge in [0, 0.05) is 21.5 Å². The van der Waals surface area contributed by atoms with Crippen LogP contribution in [0.2, 0.25) is 0 Å². The Bertz CT molecular complexity index is 924. The average molecular weight is 503 g/mol. The van der Waals surface area contributed by atoms with Gasteiger partial charge in [-0.15, -0.1) is 0 Å². The fourth-order valence-electron chi connectivity index (χ4n) is 2.28. The van der Waals surface area contributed by atoms with Gasteiger partial charge in [0.15, 0.2) is 0 Å². The van der Waals surface area contributed by atoms with Gasteiger partial charge in [-0.05, 0) is 63.0 Å². The molecule has 0 unspecified atom stereocenters. The molecule has 0 saturated heterocycles. The second-order valence-electron chi connectivity index (χ2n) is 5.08. The van der Waals surface area contributed by atoms with Crippen LogP contribution >= 0.6 is 47.8 Å². The van der Waals surface area contributed by atoms with Crippen molar-refractivity contribution in [3.05, 3.63) is 71.4 Å². The molecular formula is C17H11Br3O3. The highest BCUT2D eigenvalue weighted by molar-refractivity contribution is 9.11. The summed E-state index contributed by atoms with van der Waals surface area (Å²) in [4.78, 5) is 11.7. The molecule has 0 radical (unpaired) electrons. The van der Waals surface area contributed by atoms with E-state index >= 15 is 0 Å². The van der Waals surface area contributed by atoms with E-state index in [1.807, 2.05) is 31.2 Å². The Kier molecular flexibility index (Phi) is 4.94. The summed E-state index contributed by atoms with van der Waals surface area (Å²) in [5, 5.41) is 0.883. The first-order chi connectivity index (χ1) is 10.9. The maximum Gasteiger partial charge on any atom is 0.336 e. The number of hydrogen-bond donors (Lipinski definition) is 0. The average Bonchev–Trinajstić information content (AvgIpc) is 2.46. The molecule has 0 fully saturated rings. The Hall–Kier alpha value is -1.11. The van der Waals surface area contributed by atoms with Gasteiger partial charge in [-0.1, -0.05) is 27.6 Å². The van der Waals surface area contributed by atoms with Crippen molar-refractivity contribution in [2.45, 2.75) is 13.5 Å². The molecule has 118 valence electrons. The third kappa shape index (κ3) is 3.70. The van der Waals surface area contributed by atoms with Crippen LogP contribution in [0.3, 0.4) is 0 Å². The fraction of sp³-hybridized carbons (Fsp3) is 0.118. The third-order valence-corrected chi connectivity index (χ3v) is 4.95. The minimum Gasteiger partial charge on any atom is -0.487 e. The highest BCUT2D eigenvalue weighted by Gasteiger charge is 2.11. The van der Waals surface area contributed by atoms with Gasteiger partial charge in [0.05, 0.1) is 8.95 Å². The maximum absolute atomic E-state index is 11.7. The molecule has 3 aromatic rings. The van der Waals surface area contributed by atoms with Crippen LogP contribution in [0.25, 0.3) is 11.0 Å². The van der Waals surface area contributed by atoms with Crippen molar-refractivity contribution in [2.75, 3.05) is 0 Å². The standard InChI is InChI=1S/C17H11Br3O3/c1-9-2-3-15-12(4-9)10(5-16(21)23-15)8-22-17-13(19)6-11(18)7-14(17)20/h2-7H,8H2,1H3. The number of halogens is 3. The van der Waals surface area contributed by atoms with E-state index in [1.54, 1.807) is 6.07 Å². The molecule has 0 spiro atoms. The summed E-state index contributed by atoms with van der Waals surface area (Å²) in [6.45, 7) is 2.27. The van der Waals surface area contributed by atoms with Crippen LogP contribution in [0.15, 0.2) is 59.0 Å². The zero-order valence-electron chi connectivity index (χ0n) is 12.0. The van der Waals surface area contributed by atoms with E-state index in [-0.39, 0.29) is 12.2 Å². The maximum atomic E-state index is 11.7. The van der Waals surface area contributed by atoms with Gasteiger partial charge in [0.25, 0.3) is 0 Å². The van der Waals surface area contributed by atoms with E-state index in [2.05, 4.69) is 47.8 Å². The smallest absolute Gasteiger partial charge is 0.336 e. The van der Waals surface area contributed by atoms with Gasteiger partial charge in [-0.2, -0.15) is 0 Å². The Labute approximate surface area is 158 Å². The lowest BCUT2D eigenvalue weighted by atomic mass is 10.1. The van der Waals surface area contributed by atoms with Crippen LogP contribution in [0.4, 0.5) is 0 Å². The number of hydrogen-bond acceptors (Lipinski definition) is 3. The quantitative estimate of drug-likeness (QED) is 0.414. The molecule has 1 aromatic heterocycles. The first-order valence-corrected chi connectivity index (χ1v) is 9.12. The van der Waals surface area contributed by atoms with E-state index in [0.29, 0.717) is 11.3 Å². The van der Waals surface area contributed by atoms with E-state index in [4.69, 9.17) is 9.15 Å². The molecule has 0 saturated carbocycles. The number of fused-ring (bicyclic) bond motifs is 1. The third-order valence-electron chi connectivity index (χ3n) is 3.32. The first kappa shape index (κ1) is 16.7. The van der Waals surface area contributed by atoms with Gasteiger partial charge in [-0.3, -0.25) is 0 Å². The summed E-state index contributed by atoms with van der Waals surface area (Å²) in [5.74, 6) is 0.683. The molecule has 23 heavy (non-hydrogen) atoms. The summed E-state index contributed by atoms with van der Waals surface area (Å²) in [6.07, 6.45) is 0. The van der Waals surface area contributed by atoms with E-state index < -0.39 is 0 Å². The molecule has 6 heteroatoms. The van der Waals surface area contributed by atoms with Crippen LogP contribution in [0, 0.1) is 6.92 Å². The van der Waals surface area contributed by atoms with Crippen LogP contribution in [-0.4, -0.2) is 0 Å². The Morgan fingerprint density at radius 3 is 2.43 bits per heavy atom. The molecule has 0 aliphatic carbocycles. The monoisotopic (exact) mass is 500 g/mol. The van der Waals surface area contributed by atoms with E-state index in [9.17, 15) is 4.79 Å². The summed E-state index contributed by atoms with van der Waals surface area (Å²) < 4.78 is 13.7. The Balaban J connectivity index is 1.99. The zero-order valence-corrected chi connectivity index (χ0v) is 16.8. The molecule has 0 aliphatic rings. The molecule has 0 atom stereocenters. The van der Waals surface area contributed by atoms with Crippen LogP contribution < -0.4 is 10.4 Å². The van der Waals surface area contributed by atoms with Crippen LogP contribution in [0.5, 0.6) is 5.75 Å². The number of ether oxygens (including phenoxy) is 1. The second-order valence-corrected chi connectivity index (χ2v) is 7.70. The first-order valence-electron chi connectivity index (χ1n) is 6.75. The Morgan fingerprint density at radius 1 is 1.04 bits per heavy atom. The molecule has 0 aliphatic heterocycles. The predicted octanol–water partition coefficient (Wildman–Crippen LogP) is 5.97. The zero-order chi connectivity index (χ0) is 16.6. The highest BCUT2D eigenvalue weighted by Crippen LogP contribution is 2.37. The van der Waals surface area contributed by atoms with Crippen molar-refractivity contribution >= 4 is 58.8 Å². The number of benzene rings is 2. The minimum atomic E-state index is -0.381. The summed E-state index contributed by atoms with van der Waals surface area (Å²) in [7, 11) is 0. The van der Waals surface area contributed by atoms with Crippen LogP contribution in [-0.2, 0) is 6.61 Å².